The highest BCUT2D eigenvalue weighted by Crippen LogP contribution is 2.14. The summed E-state index contributed by atoms with van der Waals surface area (Å²) in [6.45, 7) is 3.30. The normalized spacial score (nSPS) is 10.3. The maximum atomic E-state index is 4.22. The highest BCUT2D eigenvalue weighted by molar-refractivity contribution is 7.80. The van der Waals surface area contributed by atoms with Crippen molar-refractivity contribution >= 4 is 18.3 Å². The lowest BCUT2D eigenvalue weighted by atomic mass is 10.1. The van der Waals surface area contributed by atoms with E-state index in [9.17, 15) is 0 Å². The van der Waals surface area contributed by atoms with Gasteiger partial charge in [0.05, 0.1) is 0 Å². The van der Waals surface area contributed by atoms with E-state index in [2.05, 4.69) is 55.8 Å². The second kappa shape index (κ2) is 6.78. The molecule has 0 spiro atoms. The van der Waals surface area contributed by atoms with Crippen LogP contribution in [0.15, 0.2) is 24.3 Å². The van der Waals surface area contributed by atoms with Gasteiger partial charge in [-0.2, -0.15) is 12.6 Å². The average molecular weight is 223 g/mol. The Hall–Kier alpha value is -0.630. The van der Waals surface area contributed by atoms with Gasteiger partial charge in [-0.25, -0.2) is 0 Å². The van der Waals surface area contributed by atoms with Gasteiger partial charge in [0.1, 0.15) is 0 Å². The fraction of sp³-hybridized carbons (Fsp3) is 0.538. The second-order valence-corrected chi connectivity index (χ2v) is 4.32. The van der Waals surface area contributed by atoms with E-state index in [0.717, 1.165) is 18.7 Å². The number of aryl methyl sites for hydroxylation is 1. The topological polar surface area (TPSA) is 3.24 Å². The molecule has 0 aliphatic heterocycles. The fourth-order valence-corrected chi connectivity index (χ4v) is 1.80. The monoisotopic (exact) mass is 223 g/mol. The Balaban J connectivity index is 2.46. The van der Waals surface area contributed by atoms with E-state index >= 15 is 0 Å². The van der Waals surface area contributed by atoms with Gasteiger partial charge in [-0.05, 0) is 42.7 Å². The van der Waals surface area contributed by atoms with Crippen molar-refractivity contribution in [3.63, 3.8) is 0 Å². The van der Waals surface area contributed by atoms with Crippen LogP contribution in [0.3, 0.4) is 0 Å². The number of rotatable bonds is 6. The van der Waals surface area contributed by atoms with Gasteiger partial charge in [0.25, 0.3) is 0 Å². The molecule has 1 aromatic rings. The zero-order chi connectivity index (χ0) is 11.1. The molecule has 0 amide bonds. The van der Waals surface area contributed by atoms with Crippen molar-refractivity contribution in [2.45, 2.75) is 26.2 Å². The summed E-state index contributed by atoms with van der Waals surface area (Å²) in [5, 5.41) is 0. The molecule has 1 nitrogen and oxygen atoms in total. The Labute approximate surface area is 98.9 Å². The molecular weight excluding hydrogens is 202 g/mol. The van der Waals surface area contributed by atoms with Crippen LogP contribution in [-0.4, -0.2) is 19.3 Å². The summed E-state index contributed by atoms with van der Waals surface area (Å²) < 4.78 is 0. The fourth-order valence-electron chi connectivity index (χ4n) is 1.58. The molecule has 84 valence electrons. The van der Waals surface area contributed by atoms with Crippen LogP contribution in [0, 0.1) is 0 Å². The zero-order valence-electron chi connectivity index (χ0n) is 9.74. The molecule has 0 aliphatic carbocycles. The van der Waals surface area contributed by atoms with Gasteiger partial charge in [0.15, 0.2) is 0 Å². The smallest absolute Gasteiger partial charge is 0.0363 e. The summed E-state index contributed by atoms with van der Waals surface area (Å²) in [5.41, 5.74) is 2.72. The molecule has 0 atom stereocenters. The quantitative estimate of drug-likeness (QED) is 0.571. The van der Waals surface area contributed by atoms with Crippen LogP contribution in [0.1, 0.15) is 25.3 Å². The van der Waals surface area contributed by atoms with Crippen LogP contribution >= 0.6 is 12.6 Å². The van der Waals surface area contributed by atoms with Gasteiger partial charge in [-0.1, -0.05) is 19.1 Å². The van der Waals surface area contributed by atoms with Crippen LogP contribution in [0.25, 0.3) is 0 Å². The van der Waals surface area contributed by atoms with Crippen molar-refractivity contribution in [1.29, 1.82) is 0 Å². The Kier molecular flexibility index (Phi) is 5.62. The first-order chi connectivity index (χ1) is 7.27. The van der Waals surface area contributed by atoms with E-state index in [0.29, 0.717) is 0 Å². The van der Waals surface area contributed by atoms with Crippen LogP contribution in [0.2, 0.25) is 0 Å². The van der Waals surface area contributed by atoms with Crippen LogP contribution in [-0.2, 0) is 6.42 Å². The standard InChI is InChI=1S/C13H21NS/c1-3-12-6-8-13(9-7-12)14(2)10-4-5-11-15/h6-9,15H,3-5,10-11H2,1-2H3. The van der Waals surface area contributed by atoms with E-state index in [1.807, 2.05) is 0 Å². The van der Waals surface area contributed by atoms with E-state index < -0.39 is 0 Å². The predicted octanol–water partition coefficient (Wildman–Crippen LogP) is 3.40. The van der Waals surface area contributed by atoms with Crippen LogP contribution < -0.4 is 4.90 Å². The van der Waals surface area contributed by atoms with Crippen LogP contribution in [0.5, 0.6) is 0 Å². The highest BCUT2D eigenvalue weighted by Gasteiger charge is 1.99. The van der Waals surface area contributed by atoms with Crippen molar-refractivity contribution in [3.8, 4) is 0 Å². The van der Waals surface area contributed by atoms with Crippen molar-refractivity contribution in [2.24, 2.45) is 0 Å². The summed E-state index contributed by atoms with van der Waals surface area (Å²) >= 11 is 4.22. The molecule has 2 heteroatoms. The first-order valence-electron chi connectivity index (χ1n) is 5.69. The molecule has 0 saturated heterocycles. The Morgan fingerprint density at radius 3 is 2.33 bits per heavy atom. The molecule has 1 aromatic carbocycles. The Bertz CT molecular complexity index is 268. The minimum atomic E-state index is 0.989. The van der Waals surface area contributed by atoms with Gasteiger partial charge in [-0.15, -0.1) is 0 Å². The molecule has 1 rings (SSSR count). The highest BCUT2D eigenvalue weighted by atomic mass is 32.1. The lowest BCUT2D eigenvalue weighted by molar-refractivity contribution is 0.773. The molecule has 0 fully saturated rings. The SMILES string of the molecule is CCc1ccc(N(C)CCCCS)cc1. The maximum absolute atomic E-state index is 4.22. The summed E-state index contributed by atoms with van der Waals surface area (Å²) in [4.78, 5) is 2.31. The predicted molar refractivity (Wildman–Crippen MR) is 72.2 cm³/mol. The summed E-state index contributed by atoms with van der Waals surface area (Å²) in [6, 6.07) is 8.84. The molecule has 0 heterocycles. The third kappa shape index (κ3) is 4.17. The minimum absolute atomic E-state index is 0.989. The average Bonchev–Trinajstić information content (AvgIpc) is 2.29. The largest absolute Gasteiger partial charge is 0.375 e. The van der Waals surface area contributed by atoms with E-state index in [1.165, 1.54) is 24.1 Å². The third-order valence-corrected chi connectivity index (χ3v) is 3.00. The molecule has 15 heavy (non-hydrogen) atoms. The van der Waals surface area contributed by atoms with Gasteiger partial charge < -0.3 is 4.90 Å². The first kappa shape index (κ1) is 12.4. The number of thiol groups is 1. The lowest BCUT2D eigenvalue weighted by Gasteiger charge is -2.19. The number of nitrogens with zero attached hydrogens (tertiary/aromatic N) is 1. The van der Waals surface area contributed by atoms with Crippen LogP contribution in [0.4, 0.5) is 5.69 Å². The van der Waals surface area contributed by atoms with Crippen molar-refractivity contribution < 1.29 is 0 Å². The van der Waals surface area contributed by atoms with Crippen molar-refractivity contribution in [3.05, 3.63) is 29.8 Å². The molecule has 0 unspecified atom stereocenters. The molecule has 0 aliphatic rings. The summed E-state index contributed by atoms with van der Waals surface area (Å²) in [7, 11) is 2.15. The van der Waals surface area contributed by atoms with Crippen molar-refractivity contribution in [2.75, 3.05) is 24.2 Å². The second-order valence-electron chi connectivity index (χ2n) is 3.87. The third-order valence-electron chi connectivity index (χ3n) is 2.69. The maximum Gasteiger partial charge on any atom is 0.0363 e. The van der Waals surface area contributed by atoms with Gasteiger partial charge in [0.2, 0.25) is 0 Å². The van der Waals surface area contributed by atoms with E-state index in [4.69, 9.17) is 0 Å². The minimum Gasteiger partial charge on any atom is -0.375 e. The molecule has 0 bridgehead atoms. The van der Waals surface area contributed by atoms with Crippen molar-refractivity contribution in [1.82, 2.24) is 0 Å². The van der Waals surface area contributed by atoms with Gasteiger partial charge in [-0.3, -0.25) is 0 Å². The Morgan fingerprint density at radius 2 is 1.80 bits per heavy atom. The molecule has 0 N–H and O–H groups in total. The molecule has 0 radical (unpaired) electrons. The van der Waals surface area contributed by atoms with E-state index in [-0.39, 0.29) is 0 Å². The van der Waals surface area contributed by atoms with Gasteiger partial charge in [0, 0.05) is 19.3 Å². The number of unbranched alkanes of at least 4 members (excludes halogenated alkanes) is 1. The summed E-state index contributed by atoms with van der Waals surface area (Å²) in [5.74, 6) is 0.989. The number of anilines is 1. The molecular formula is C13H21NS. The Morgan fingerprint density at radius 1 is 1.13 bits per heavy atom. The number of benzene rings is 1. The van der Waals surface area contributed by atoms with Gasteiger partial charge >= 0.3 is 0 Å². The summed E-state index contributed by atoms with van der Waals surface area (Å²) in [6.07, 6.45) is 3.53. The number of hydrogen-bond acceptors (Lipinski definition) is 2. The zero-order valence-corrected chi connectivity index (χ0v) is 10.6. The van der Waals surface area contributed by atoms with E-state index in [1.54, 1.807) is 0 Å². The molecule has 0 saturated carbocycles. The number of hydrogen-bond donors (Lipinski definition) is 1. The lowest BCUT2D eigenvalue weighted by Crippen LogP contribution is -2.18. The first-order valence-corrected chi connectivity index (χ1v) is 6.32. The molecule has 0 aromatic heterocycles.